The van der Waals surface area contributed by atoms with Crippen molar-refractivity contribution in [3.05, 3.63) is 71.7 Å². The van der Waals surface area contributed by atoms with Gasteiger partial charge in [0.25, 0.3) is 5.91 Å². The second-order valence-electron chi connectivity index (χ2n) is 6.03. The second kappa shape index (κ2) is 8.31. The van der Waals surface area contributed by atoms with E-state index in [1.165, 1.54) is 11.9 Å². The number of hydrogen-bond donors (Lipinski definition) is 2. The van der Waals surface area contributed by atoms with Crippen LogP contribution in [0.1, 0.15) is 28.5 Å². The third-order valence-electron chi connectivity index (χ3n) is 4.25. The van der Waals surface area contributed by atoms with Gasteiger partial charge in [-0.15, -0.1) is 0 Å². The predicted octanol–water partition coefficient (Wildman–Crippen LogP) is 4.35. The lowest BCUT2D eigenvalue weighted by molar-refractivity contribution is 0.102. The lowest BCUT2D eigenvalue weighted by Gasteiger charge is -2.14. The molecule has 1 heterocycles. The molecule has 1 amide bonds. The maximum atomic E-state index is 12.6. The molecule has 3 rings (SSSR count). The molecule has 0 aliphatic carbocycles. The van der Waals surface area contributed by atoms with Crippen LogP contribution in [0, 0.1) is 6.92 Å². The first-order valence-electron chi connectivity index (χ1n) is 8.74. The first-order chi connectivity index (χ1) is 13.1. The van der Waals surface area contributed by atoms with E-state index in [-0.39, 0.29) is 11.6 Å². The van der Waals surface area contributed by atoms with Crippen LogP contribution in [0.5, 0.6) is 5.75 Å². The van der Waals surface area contributed by atoms with Crippen LogP contribution in [0.2, 0.25) is 0 Å². The smallest absolute Gasteiger partial charge is 0.274 e. The number of rotatable bonds is 6. The van der Waals surface area contributed by atoms with E-state index in [4.69, 9.17) is 4.74 Å². The highest BCUT2D eigenvalue weighted by atomic mass is 16.5. The SMILES string of the molecule is CCc1cccc(C)c1Nc1cc(C(=O)Nc2ccccc2OC)ncn1. The van der Waals surface area contributed by atoms with Crippen LogP contribution in [0.3, 0.4) is 0 Å². The van der Waals surface area contributed by atoms with E-state index in [1.54, 1.807) is 25.3 Å². The number of para-hydroxylation sites is 3. The Kier molecular flexibility index (Phi) is 5.66. The number of hydrogen-bond acceptors (Lipinski definition) is 5. The Morgan fingerprint density at radius 2 is 1.93 bits per heavy atom. The summed E-state index contributed by atoms with van der Waals surface area (Å²) < 4.78 is 5.26. The fraction of sp³-hybridized carbons (Fsp3) is 0.190. The van der Waals surface area contributed by atoms with Crippen LogP contribution in [-0.2, 0) is 6.42 Å². The average molecular weight is 362 g/mol. The van der Waals surface area contributed by atoms with E-state index in [1.807, 2.05) is 31.2 Å². The number of carbonyl (C=O) groups is 1. The van der Waals surface area contributed by atoms with Gasteiger partial charge in [0.1, 0.15) is 23.6 Å². The highest BCUT2D eigenvalue weighted by molar-refractivity contribution is 6.04. The Morgan fingerprint density at radius 3 is 2.70 bits per heavy atom. The van der Waals surface area contributed by atoms with Crippen LogP contribution < -0.4 is 15.4 Å². The van der Waals surface area contributed by atoms with Crippen molar-refractivity contribution in [2.75, 3.05) is 17.7 Å². The van der Waals surface area contributed by atoms with Crippen molar-refractivity contribution in [3.63, 3.8) is 0 Å². The normalized spacial score (nSPS) is 10.3. The Morgan fingerprint density at radius 1 is 1.11 bits per heavy atom. The molecule has 2 aromatic carbocycles. The van der Waals surface area contributed by atoms with Crippen LogP contribution >= 0.6 is 0 Å². The summed E-state index contributed by atoms with van der Waals surface area (Å²) >= 11 is 0. The zero-order chi connectivity index (χ0) is 19.2. The van der Waals surface area contributed by atoms with Gasteiger partial charge in [0.2, 0.25) is 0 Å². The van der Waals surface area contributed by atoms with Gasteiger partial charge in [-0.3, -0.25) is 4.79 Å². The molecule has 27 heavy (non-hydrogen) atoms. The molecule has 0 aliphatic rings. The fourth-order valence-corrected chi connectivity index (χ4v) is 2.81. The number of amides is 1. The zero-order valence-electron chi connectivity index (χ0n) is 15.6. The quantitative estimate of drug-likeness (QED) is 0.682. The predicted molar refractivity (Wildman–Crippen MR) is 107 cm³/mol. The monoisotopic (exact) mass is 362 g/mol. The lowest BCUT2D eigenvalue weighted by atomic mass is 10.1. The largest absolute Gasteiger partial charge is 0.495 e. The van der Waals surface area contributed by atoms with Crippen LogP contribution in [-0.4, -0.2) is 23.0 Å². The molecule has 0 atom stereocenters. The molecule has 138 valence electrons. The molecule has 0 spiro atoms. The van der Waals surface area contributed by atoms with Crippen molar-refractivity contribution in [1.82, 2.24) is 9.97 Å². The minimum Gasteiger partial charge on any atom is -0.495 e. The minimum atomic E-state index is -0.328. The van der Waals surface area contributed by atoms with Gasteiger partial charge in [0, 0.05) is 11.8 Å². The lowest BCUT2D eigenvalue weighted by Crippen LogP contribution is -2.15. The molecule has 0 unspecified atom stereocenters. The number of anilines is 3. The van der Waals surface area contributed by atoms with Gasteiger partial charge in [0.15, 0.2) is 0 Å². The molecule has 0 saturated heterocycles. The molecule has 6 nitrogen and oxygen atoms in total. The molecule has 0 bridgehead atoms. The van der Waals surface area contributed by atoms with Crippen molar-refractivity contribution in [1.29, 1.82) is 0 Å². The maximum Gasteiger partial charge on any atom is 0.274 e. The summed E-state index contributed by atoms with van der Waals surface area (Å²) in [5.41, 5.74) is 4.17. The van der Waals surface area contributed by atoms with Crippen molar-refractivity contribution in [3.8, 4) is 5.75 Å². The molecular formula is C21H22N4O2. The summed E-state index contributed by atoms with van der Waals surface area (Å²) in [5, 5.41) is 6.14. The Labute approximate surface area is 158 Å². The first kappa shape index (κ1) is 18.4. The third-order valence-corrected chi connectivity index (χ3v) is 4.25. The Bertz CT molecular complexity index is 956. The van der Waals surface area contributed by atoms with Crippen molar-refractivity contribution in [2.45, 2.75) is 20.3 Å². The van der Waals surface area contributed by atoms with Gasteiger partial charge in [-0.05, 0) is 36.6 Å². The minimum absolute atomic E-state index is 0.269. The number of nitrogens with zero attached hydrogens (tertiary/aromatic N) is 2. The molecule has 2 N–H and O–H groups in total. The highest BCUT2D eigenvalue weighted by Crippen LogP contribution is 2.26. The molecule has 1 aromatic heterocycles. The van der Waals surface area contributed by atoms with E-state index in [0.717, 1.165) is 17.7 Å². The molecule has 0 radical (unpaired) electrons. The fourth-order valence-electron chi connectivity index (χ4n) is 2.81. The van der Waals surface area contributed by atoms with Crippen molar-refractivity contribution < 1.29 is 9.53 Å². The number of aryl methyl sites for hydroxylation is 2. The molecule has 3 aromatic rings. The Hall–Kier alpha value is -3.41. The average Bonchev–Trinajstić information content (AvgIpc) is 2.70. The molecule has 0 saturated carbocycles. The number of nitrogens with one attached hydrogen (secondary N) is 2. The Balaban J connectivity index is 1.83. The number of carbonyl (C=O) groups excluding carboxylic acids is 1. The topological polar surface area (TPSA) is 76.1 Å². The van der Waals surface area contributed by atoms with E-state index < -0.39 is 0 Å². The number of benzene rings is 2. The molecule has 0 aliphatic heterocycles. The molecule has 6 heteroatoms. The van der Waals surface area contributed by atoms with Gasteiger partial charge in [-0.2, -0.15) is 0 Å². The van der Waals surface area contributed by atoms with E-state index in [2.05, 4.69) is 33.6 Å². The van der Waals surface area contributed by atoms with Crippen LogP contribution in [0.15, 0.2) is 54.9 Å². The first-order valence-corrected chi connectivity index (χ1v) is 8.74. The van der Waals surface area contributed by atoms with Crippen LogP contribution in [0.25, 0.3) is 0 Å². The highest BCUT2D eigenvalue weighted by Gasteiger charge is 2.13. The summed E-state index contributed by atoms with van der Waals surface area (Å²) in [6, 6.07) is 15.0. The van der Waals surface area contributed by atoms with E-state index in [0.29, 0.717) is 17.3 Å². The number of ether oxygens (including phenoxy) is 1. The van der Waals surface area contributed by atoms with E-state index in [9.17, 15) is 4.79 Å². The molecular weight excluding hydrogens is 340 g/mol. The summed E-state index contributed by atoms with van der Waals surface area (Å²) in [7, 11) is 1.56. The van der Waals surface area contributed by atoms with Gasteiger partial charge in [0.05, 0.1) is 12.8 Å². The van der Waals surface area contributed by atoms with Gasteiger partial charge in [-0.1, -0.05) is 37.3 Å². The zero-order valence-corrected chi connectivity index (χ0v) is 15.6. The maximum absolute atomic E-state index is 12.6. The van der Waals surface area contributed by atoms with Gasteiger partial charge >= 0.3 is 0 Å². The van der Waals surface area contributed by atoms with Gasteiger partial charge in [-0.25, -0.2) is 9.97 Å². The summed E-state index contributed by atoms with van der Waals surface area (Å²) in [4.78, 5) is 20.9. The second-order valence-corrected chi connectivity index (χ2v) is 6.03. The summed E-state index contributed by atoms with van der Waals surface area (Å²) in [5.74, 6) is 0.829. The standard InChI is InChI=1S/C21H22N4O2/c1-4-15-9-7-8-14(2)20(15)25-19-12-17(22-13-23-19)21(26)24-16-10-5-6-11-18(16)27-3/h5-13H,4H2,1-3H3,(H,24,26)(H,22,23,25). The summed E-state index contributed by atoms with van der Waals surface area (Å²) in [6.07, 6.45) is 2.28. The number of aromatic nitrogens is 2. The molecule has 0 fully saturated rings. The third kappa shape index (κ3) is 4.23. The van der Waals surface area contributed by atoms with E-state index >= 15 is 0 Å². The number of methoxy groups -OCH3 is 1. The van der Waals surface area contributed by atoms with Crippen LogP contribution in [0.4, 0.5) is 17.2 Å². The summed E-state index contributed by atoms with van der Waals surface area (Å²) in [6.45, 7) is 4.14. The van der Waals surface area contributed by atoms with Gasteiger partial charge < -0.3 is 15.4 Å². The van der Waals surface area contributed by atoms with Crippen molar-refractivity contribution in [2.24, 2.45) is 0 Å². The van der Waals surface area contributed by atoms with Crippen molar-refractivity contribution >= 4 is 23.1 Å².